The van der Waals surface area contributed by atoms with E-state index in [4.69, 9.17) is 21.1 Å². The van der Waals surface area contributed by atoms with Crippen molar-refractivity contribution in [3.05, 3.63) is 23.4 Å². The second-order valence-corrected chi connectivity index (χ2v) is 7.60. The first-order chi connectivity index (χ1) is 12.8. The Kier molecular flexibility index (Phi) is 7.53. The molecule has 150 valence electrons. The van der Waals surface area contributed by atoms with Crippen molar-refractivity contribution in [1.82, 2.24) is 20.5 Å². The van der Waals surface area contributed by atoms with Crippen LogP contribution in [-0.4, -0.2) is 66.9 Å². The first kappa shape index (κ1) is 21.1. The fourth-order valence-electron chi connectivity index (χ4n) is 2.66. The zero-order valence-electron chi connectivity index (χ0n) is 16.3. The molecule has 1 aromatic heterocycles. The van der Waals surface area contributed by atoms with Gasteiger partial charge in [0.25, 0.3) is 0 Å². The second-order valence-electron chi connectivity index (χ2n) is 7.19. The number of likely N-dealkylation sites (tertiary alicyclic amines) is 1. The average molecular weight is 398 g/mol. The van der Waals surface area contributed by atoms with Crippen molar-refractivity contribution in [3.8, 4) is 5.88 Å². The van der Waals surface area contributed by atoms with E-state index < -0.39 is 11.7 Å². The van der Waals surface area contributed by atoms with Gasteiger partial charge in [0.2, 0.25) is 5.88 Å². The van der Waals surface area contributed by atoms with Crippen molar-refractivity contribution in [2.75, 3.05) is 33.3 Å². The predicted molar refractivity (Wildman–Crippen MR) is 105 cm³/mol. The summed E-state index contributed by atoms with van der Waals surface area (Å²) in [5, 5.41) is 6.64. The number of ether oxygens (including phenoxy) is 2. The lowest BCUT2D eigenvalue weighted by Gasteiger charge is -2.23. The van der Waals surface area contributed by atoms with Gasteiger partial charge in [-0.3, -0.25) is 4.99 Å². The van der Waals surface area contributed by atoms with Crippen LogP contribution >= 0.6 is 11.6 Å². The fraction of sp³-hybridized carbons (Fsp3) is 0.611. The van der Waals surface area contributed by atoms with Crippen LogP contribution in [0.4, 0.5) is 4.79 Å². The van der Waals surface area contributed by atoms with Gasteiger partial charge in [0.1, 0.15) is 17.2 Å². The largest absolute Gasteiger partial charge is 0.475 e. The van der Waals surface area contributed by atoms with Crippen molar-refractivity contribution in [2.24, 2.45) is 4.99 Å². The number of carbonyl (C=O) groups is 1. The summed E-state index contributed by atoms with van der Waals surface area (Å²) in [4.78, 5) is 22.4. The summed E-state index contributed by atoms with van der Waals surface area (Å²) in [5.41, 5.74) is -0.503. The number of hydrogen-bond acceptors (Lipinski definition) is 5. The summed E-state index contributed by atoms with van der Waals surface area (Å²) < 4.78 is 10.9. The molecule has 1 aromatic rings. The number of hydrogen-bond donors (Lipinski definition) is 2. The van der Waals surface area contributed by atoms with E-state index in [-0.39, 0.29) is 6.04 Å². The van der Waals surface area contributed by atoms with Crippen LogP contribution in [0.1, 0.15) is 27.2 Å². The van der Waals surface area contributed by atoms with Crippen LogP contribution in [0.15, 0.2) is 23.3 Å². The standard InChI is InChI=1S/C18H28ClN5O3/c1-18(2,3)27-17(25)23-13-7-10-24(12-13)16(20-4)22-9-11-26-15-14(19)6-5-8-21-15/h5-6,8,13H,7,9-12H2,1-4H3,(H,20,22)(H,23,25)/t13-/m1/s1. The minimum absolute atomic E-state index is 0.0296. The Morgan fingerprint density at radius 3 is 2.93 bits per heavy atom. The molecule has 0 radical (unpaired) electrons. The highest BCUT2D eigenvalue weighted by atomic mass is 35.5. The van der Waals surface area contributed by atoms with Crippen LogP contribution < -0.4 is 15.4 Å². The summed E-state index contributed by atoms with van der Waals surface area (Å²) in [7, 11) is 1.73. The normalized spacial score (nSPS) is 17.6. The van der Waals surface area contributed by atoms with Crippen LogP contribution in [0.25, 0.3) is 0 Å². The summed E-state index contributed by atoms with van der Waals surface area (Å²) >= 11 is 6.01. The Hall–Kier alpha value is -2.22. The van der Waals surface area contributed by atoms with Gasteiger partial charge in [-0.2, -0.15) is 0 Å². The Bertz CT molecular complexity index is 663. The van der Waals surface area contributed by atoms with Gasteiger partial charge >= 0.3 is 6.09 Å². The molecule has 2 N–H and O–H groups in total. The Morgan fingerprint density at radius 2 is 2.26 bits per heavy atom. The number of carbonyl (C=O) groups excluding carboxylic acids is 1. The molecule has 0 aliphatic carbocycles. The van der Waals surface area contributed by atoms with Crippen molar-refractivity contribution in [2.45, 2.75) is 38.8 Å². The Balaban J connectivity index is 1.73. The zero-order chi connectivity index (χ0) is 19.9. The number of alkyl carbamates (subject to hydrolysis) is 1. The third-order valence-corrected chi connectivity index (χ3v) is 4.06. The summed E-state index contributed by atoms with van der Waals surface area (Å²) in [6, 6.07) is 3.52. The Morgan fingerprint density at radius 1 is 1.48 bits per heavy atom. The molecule has 1 aliphatic heterocycles. The maximum atomic E-state index is 11.9. The second kappa shape index (κ2) is 9.64. The summed E-state index contributed by atoms with van der Waals surface area (Å²) in [5.74, 6) is 1.18. The van der Waals surface area contributed by atoms with Crippen LogP contribution in [-0.2, 0) is 4.74 Å². The highest BCUT2D eigenvalue weighted by molar-refractivity contribution is 6.31. The smallest absolute Gasteiger partial charge is 0.407 e. The maximum Gasteiger partial charge on any atom is 0.407 e. The number of aromatic nitrogens is 1. The van der Waals surface area contributed by atoms with Crippen LogP contribution in [0.5, 0.6) is 5.88 Å². The molecule has 1 amide bonds. The molecule has 1 saturated heterocycles. The van der Waals surface area contributed by atoms with E-state index in [0.29, 0.717) is 30.6 Å². The average Bonchev–Trinajstić information content (AvgIpc) is 3.02. The van der Waals surface area contributed by atoms with Gasteiger partial charge in [-0.25, -0.2) is 9.78 Å². The molecule has 0 unspecified atom stereocenters. The third-order valence-electron chi connectivity index (χ3n) is 3.77. The highest BCUT2D eigenvalue weighted by Crippen LogP contribution is 2.19. The van der Waals surface area contributed by atoms with E-state index >= 15 is 0 Å². The fourth-order valence-corrected chi connectivity index (χ4v) is 2.84. The summed E-state index contributed by atoms with van der Waals surface area (Å²) in [6.07, 6.45) is 2.08. The lowest BCUT2D eigenvalue weighted by molar-refractivity contribution is 0.0507. The number of amides is 1. The highest BCUT2D eigenvalue weighted by Gasteiger charge is 2.27. The monoisotopic (exact) mass is 397 g/mol. The minimum atomic E-state index is -0.503. The molecule has 2 rings (SSSR count). The molecule has 8 nitrogen and oxygen atoms in total. The molecule has 2 heterocycles. The number of halogens is 1. The number of rotatable bonds is 5. The van der Waals surface area contributed by atoms with Gasteiger partial charge in [-0.15, -0.1) is 0 Å². The van der Waals surface area contributed by atoms with E-state index in [9.17, 15) is 4.79 Å². The zero-order valence-corrected chi connectivity index (χ0v) is 17.0. The third kappa shape index (κ3) is 7.13. The number of pyridine rings is 1. The van der Waals surface area contributed by atoms with E-state index in [2.05, 4.69) is 25.5 Å². The van der Waals surface area contributed by atoms with E-state index in [1.807, 2.05) is 20.8 Å². The van der Waals surface area contributed by atoms with Crippen LogP contribution in [0.3, 0.4) is 0 Å². The first-order valence-corrected chi connectivity index (χ1v) is 9.34. The van der Waals surface area contributed by atoms with Gasteiger partial charge in [0.15, 0.2) is 5.96 Å². The molecule has 0 aromatic carbocycles. The molecule has 0 bridgehead atoms. The quantitative estimate of drug-likeness (QED) is 0.450. The molecular formula is C18H28ClN5O3. The molecule has 1 atom stereocenters. The predicted octanol–water partition coefficient (Wildman–Crippen LogP) is 2.29. The molecule has 9 heteroatoms. The number of guanidine groups is 1. The molecule has 1 fully saturated rings. The van der Waals surface area contributed by atoms with Crippen molar-refractivity contribution in [1.29, 1.82) is 0 Å². The van der Waals surface area contributed by atoms with Crippen LogP contribution in [0, 0.1) is 0 Å². The van der Waals surface area contributed by atoms with Crippen molar-refractivity contribution < 1.29 is 14.3 Å². The van der Waals surface area contributed by atoms with Crippen molar-refractivity contribution >= 4 is 23.7 Å². The minimum Gasteiger partial charge on any atom is -0.475 e. The molecule has 27 heavy (non-hydrogen) atoms. The lowest BCUT2D eigenvalue weighted by atomic mass is 10.2. The van der Waals surface area contributed by atoms with E-state index in [0.717, 1.165) is 18.9 Å². The SMILES string of the molecule is CN=C(NCCOc1ncccc1Cl)N1CC[C@@H](NC(=O)OC(C)(C)C)C1. The number of aliphatic imine (C=N–C) groups is 1. The topological polar surface area (TPSA) is 88.1 Å². The molecule has 1 aliphatic rings. The van der Waals surface area contributed by atoms with E-state index in [1.165, 1.54) is 0 Å². The molecule has 0 saturated carbocycles. The van der Waals surface area contributed by atoms with Gasteiger partial charge in [-0.1, -0.05) is 11.6 Å². The summed E-state index contributed by atoms with van der Waals surface area (Å²) in [6.45, 7) is 7.97. The van der Waals surface area contributed by atoms with Gasteiger partial charge in [0, 0.05) is 26.3 Å². The van der Waals surface area contributed by atoms with Crippen molar-refractivity contribution in [3.63, 3.8) is 0 Å². The Labute approximate surface area is 165 Å². The molecular weight excluding hydrogens is 370 g/mol. The van der Waals surface area contributed by atoms with Gasteiger partial charge < -0.3 is 25.0 Å². The van der Waals surface area contributed by atoms with Crippen LogP contribution in [0.2, 0.25) is 5.02 Å². The first-order valence-electron chi connectivity index (χ1n) is 8.97. The number of nitrogens with zero attached hydrogens (tertiary/aromatic N) is 3. The number of nitrogens with one attached hydrogen (secondary N) is 2. The van der Waals surface area contributed by atoms with Gasteiger partial charge in [-0.05, 0) is 39.3 Å². The lowest BCUT2D eigenvalue weighted by Crippen LogP contribution is -2.45. The molecule has 0 spiro atoms. The van der Waals surface area contributed by atoms with E-state index in [1.54, 1.807) is 25.4 Å². The maximum absolute atomic E-state index is 11.9. The van der Waals surface area contributed by atoms with Gasteiger partial charge in [0.05, 0.1) is 12.6 Å².